The van der Waals surface area contributed by atoms with Crippen molar-refractivity contribution in [2.45, 2.75) is 53.3 Å². The zero-order valence-electron chi connectivity index (χ0n) is 12.2. The van der Waals surface area contributed by atoms with Crippen molar-refractivity contribution in [3.05, 3.63) is 0 Å². The second-order valence-corrected chi connectivity index (χ2v) is 4.98. The summed E-state index contributed by atoms with van der Waals surface area (Å²) in [4.78, 5) is 0. The van der Waals surface area contributed by atoms with Crippen molar-refractivity contribution in [3.63, 3.8) is 0 Å². The monoisotopic (exact) mass is 248 g/mol. The third-order valence-electron chi connectivity index (χ3n) is 2.41. The second kappa shape index (κ2) is 8.86. The fraction of sp³-hybridized carbons (Fsp3) is 1.00. The average molecular weight is 248 g/mol. The topological polar surface area (TPSA) is 36.9 Å². The molecule has 0 heterocycles. The molecule has 0 aromatic heterocycles. The minimum Gasteiger partial charge on any atom is -0.356 e. The zero-order valence-corrected chi connectivity index (χ0v) is 12.2. The van der Waals surface area contributed by atoms with Gasteiger partial charge < -0.3 is 18.9 Å². The van der Waals surface area contributed by atoms with E-state index in [0.717, 1.165) is 0 Å². The van der Waals surface area contributed by atoms with Crippen molar-refractivity contribution in [1.29, 1.82) is 0 Å². The molecule has 0 radical (unpaired) electrons. The Morgan fingerprint density at radius 2 is 1.24 bits per heavy atom. The number of rotatable bonds is 9. The van der Waals surface area contributed by atoms with E-state index in [0.29, 0.717) is 18.4 Å². The van der Waals surface area contributed by atoms with Crippen LogP contribution in [0, 0.1) is 11.8 Å². The first-order valence-corrected chi connectivity index (χ1v) is 6.25. The van der Waals surface area contributed by atoms with E-state index in [1.807, 2.05) is 6.92 Å². The van der Waals surface area contributed by atoms with Crippen molar-refractivity contribution >= 4 is 0 Å². The average Bonchev–Trinajstić information content (AvgIpc) is 2.25. The SMILES string of the molecule is COC(OCC(C)OC(OC)C(C)C)C(C)C. The number of hydrogen-bond acceptors (Lipinski definition) is 4. The van der Waals surface area contributed by atoms with Gasteiger partial charge in [-0.05, 0) is 6.92 Å². The van der Waals surface area contributed by atoms with Crippen LogP contribution >= 0.6 is 0 Å². The maximum absolute atomic E-state index is 5.73. The molecule has 4 nitrogen and oxygen atoms in total. The van der Waals surface area contributed by atoms with Crippen LogP contribution in [0.3, 0.4) is 0 Å². The van der Waals surface area contributed by atoms with Gasteiger partial charge in [0.2, 0.25) is 0 Å². The van der Waals surface area contributed by atoms with E-state index in [-0.39, 0.29) is 18.7 Å². The van der Waals surface area contributed by atoms with E-state index >= 15 is 0 Å². The molecule has 0 spiro atoms. The molecule has 0 bridgehead atoms. The molecule has 0 saturated carbocycles. The molecule has 0 aliphatic carbocycles. The largest absolute Gasteiger partial charge is 0.356 e. The van der Waals surface area contributed by atoms with Crippen molar-refractivity contribution < 1.29 is 18.9 Å². The molecule has 0 saturated heterocycles. The molecule has 0 aromatic rings. The quantitative estimate of drug-likeness (QED) is 0.588. The van der Waals surface area contributed by atoms with Crippen molar-refractivity contribution in [2.75, 3.05) is 20.8 Å². The molecule has 0 rings (SSSR count). The normalized spacial score (nSPS) is 17.5. The number of hydrogen-bond donors (Lipinski definition) is 0. The fourth-order valence-corrected chi connectivity index (χ4v) is 1.52. The summed E-state index contributed by atoms with van der Waals surface area (Å²) < 4.78 is 21.9. The third-order valence-corrected chi connectivity index (χ3v) is 2.41. The number of methoxy groups -OCH3 is 2. The standard InChI is InChI=1S/C13H28O4/c1-9(2)12(14-6)16-8-11(5)17-13(15-7)10(3)4/h9-13H,8H2,1-7H3. The first-order chi connectivity index (χ1) is 7.92. The molecule has 0 aliphatic heterocycles. The summed E-state index contributed by atoms with van der Waals surface area (Å²) in [6, 6.07) is 0. The van der Waals surface area contributed by atoms with Gasteiger partial charge in [-0.2, -0.15) is 0 Å². The van der Waals surface area contributed by atoms with Gasteiger partial charge >= 0.3 is 0 Å². The minimum absolute atomic E-state index is 0.0150. The molecule has 0 aromatic carbocycles. The van der Waals surface area contributed by atoms with Gasteiger partial charge in [-0.15, -0.1) is 0 Å². The summed E-state index contributed by atoms with van der Waals surface area (Å²) in [5.74, 6) is 0.654. The molecule has 0 aliphatic rings. The fourth-order valence-electron chi connectivity index (χ4n) is 1.52. The smallest absolute Gasteiger partial charge is 0.159 e. The van der Waals surface area contributed by atoms with Gasteiger partial charge in [0.1, 0.15) is 0 Å². The molecular formula is C13H28O4. The molecule has 4 heteroatoms. The maximum Gasteiger partial charge on any atom is 0.159 e. The Morgan fingerprint density at radius 3 is 1.59 bits per heavy atom. The number of ether oxygens (including phenoxy) is 4. The van der Waals surface area contributed by atoms with E-state index in [4.69, 9.17) is 18.9 Å². The lowest BCUT2D eigenvalue weighted by Crippen LogP contribution is -2.32. The first-order valence-electron chi connectivity index (χ1n) is 6.25. The van der Waals surface area contributed by atoms with Crippen LogP contribution in [-0.2, 0) is 18.9 Å². The molecule has 17 heavy (non-hydrogen) atoms. The molecule has 0 fully saturated rings. The molecule has 0 N–H and O–H groups in total. The van der Waals surface area contributed by atoms with Crippen molar-refractivity contribution in [2.24, 2.45) is 11.8 Å². The summed E-state index contributed by atoms with van der Waals surface area (Å²) in [7, 11) is 3.31. The molecular weight excluding hydrogens is 220 g/mol. The minimum atomic E-state index is -0.186. The Balaban J connectivity index is 3.96. The first kappa shape index (κ1) is 16.8. The Bertz CT molecular complexity index is 182. The van der Waals surface area contributed by atoms with Crippen LogP contribution in [0.1, 0.15) is 34.6 Å². The van der Waals surface area contributed by atoms with Crippen LogP contribution in [0.25, 0.3) is 0 Å². The highest BCUT2D eigenvalue weighted by Crippen LogP contribution is 2.12. The van der Waals surface area contributed by atoms with E-state index in [2.05, 4.69) is 27.7 Å². The van der Waals surface area contributed by atoms with Gasteiger partial charge in [0.15, 0.2) is 12.6 Å². The van der Waals surface area contributed by atoms with Gasteiger partial charge in [-0.1, -0.05) is 27.7 Å². The third kappa shape index (κ3) is 6.99. The van der Waals surface area contributed by atoms with E-state index in [1.165, 1.54) is 0 Å². The van der Waals surface area contributed by atoms with Gasteiger partial charge in [-0.25, -0.2) is 0 Å². The van der Waals surface area contributed by atoms with Crippen molar-refractivity contribution in [1.82, 2.24) is 0 Å². The summed E-state index contributed by atoms with van der Waals surface area (Å²) in [5.41, 5.74) is 0. The van der Waals surface area contributed by atoms with Crippen LogP contribution in [-0.4, -0.2) is 39.5 Å². The second-order valence-electron chi connectivity index (χ2n) is 4.98. The Labute approximate surface area is 106 Å². The van der Waals surface area contributed by atoms with E-state index < -0.39 is 0 Å². The molecule has 104 valence electrons. The van der Waals surface area contributed by atoms with Crippen LogP contribution in [0.5, 0.6) is 0 Å². The highest BCUT2D eigenvalue weighted by Gasteiger charge is 2.19. The lowest BCUT2D eigenvalue weighted by Gasteiger charge is -2.26. The Kier molecular flexibility index (Phi) is 8.78. The predicted molar refractivity (Wildman–Crippen MR) is 67.8 cm³/mol. The van der Waals surface area contributed by atoms with Gasteiger partial charge in [0, 0.05) is 26.1 Å². The van der Waals surface area contributed by atoms with Crippen LogP contribution in [0.15, 0.2) is 0 Å². The maximum atomic E-state index is 5.73. The summed E-state index contributed by atoms with van der Waals surface area (Å²) >= 11 is 0. The van der Waals surface area contributed by atoms with Gasteiger partial charge in [0.25, 0.3) is 0 Å². The molecule has 3 atom stereocenters. The highest BCUT2D eigenvalue weighted by atomic mass is 16.7. The molecule has 0 amide bonds. The molecule has 3 unspecified atom stereocenters. The van der Waals surface area contributed by atoms with Gasteiger partial charge in [-0.3, -0.25) is 0 Å². The Hall–Kier alpha value is -0.160. The summed E-state index contributed by atoms with van der Waals surface area (Å²) in [5, 5.41) is 0. The lowest BCUT2D eigenvalue weighted by molar-refractivity contribution is -0.211. The summed E-state index contributed by atoms with van der Waals surface area (Å²) in [6.07, 6.45) is -0.381. The predicted octanol–water partition coefficient (Wildman–Crippen LogP) is 2.67. The van der Waals surface area contributed by atoms with Crippen molar-refractivity contribution in [3.8, 4) is 0 Å². The van der Waals surface area contributed by atoms with Crippen LogP contribution in [0.4, 0.5) is 0 Å². The highest BCUT2D eigenvalue weighted by molar-refractivity contribution is 4.57. The van der Waals surface area contributed by atoms with Crippen LogP contribution in [0.2, 0.25) is 0 Å². The zero-order chi connectivity index (χ0) is 13.4. The van der Waals surface area contributed by atoms with E-state index in [1.54, 1.807) is 14.2 Å². The Morgan fingerprint density at radius 1 is 0.765 bits per heavy atom. The summed E-state index contributed by atoms with van der Waals surface area (Å²) in [6.45, 7) is 10.7. The van der Waals surface area contributed by atoms with Gasteiger partial charge in [0.05, 0.1) is 12.7 Å². The van der Waals surface area contributed by atoms with E-state index in [9.17, 15) is 0 Å². The lowest BCUT2D eigenvalue weighted by atomic mass is 10.2. The van der Waals surface area contributed by atoms with Crippen LogP contribution < -0.4 is 0 Å².